The predicted octanol–water partition coefficient (Wildman–Crippen LogP) is 1.78. The molecule has 0 aliphatic carbocycles. The van der Waals surface area contributed by atoms with Gasteiger partial charge in [0.05, 0.1) is 0 Å². The molecule has 0 fully saturated rings. The molecule has 0 unspecified atom stereocenters. The number of pyridine rings is 1. The van der Waals surface area contributed by atoms with E-state index in [1.165, 1.54) is 12.3 Å². The molecule has 0 aromatic carbocycles. The van der Waals surface area contributed by atoms with Gasteiger partial charge in [0, 0.05) is 17.5 Å². The van der Waals surface area contributed by atoms with Crippen LogP contribution < -0.4 is 5.32 Å². The fourth-order valence-corrected chi connectivity index (χ4v) is 1.41. The zero-order chi connectivity index (χ0) is 12.3. The van der Waals surface area contributed by atoms with E-state index in [1.807, 2.05) is 19.1 Å². The molecule has 2 aromatic heterocycles. The number of carbonyl (C=O) groups is 2. The van der Waals surface area contributed by atoms with Crippen LogP contribution in [0.5, 0.6) is 0 Å². The monoisotopic (exact) mass is 229 g/mol. The van der Waals surface area contributed by atoms with Crippen molar-refractivity contribution in [2.75, 3.05) is 5.32 Å². The lowest BCUT2D eigenvalue weighted by molar-refractivity contribution is 0.102. The Morgan fingerprint density at radius 3 is 2.94 bits per heavy atom. The highest BCUT2D eigenvalue weighted by Gasteiger charge is 2.09. The summed E-state index contributed by atoms with van der Waals surface area (Å²) in [6.07, 6.45) is 2.16. The van der Waals surface area contributed by atoms with E-state index >= 15 is 0 Å². The Hall–Kier alpha value is -2.43. The van der Waals surface area contributed by atoms with Crippen LogP contribution in [0.2, 0.25) is 0 Å². The van der Waals surface area contributed by atoms with Crippen molar-refractivity contribution < 1.29 is 9.59 Å². The highest BCUT2D eigenvalue weighted by molar-refractivity contribution is 6.03. The molecule has 0 radical (unpaired) electrons. The molecule has 2 N–H and O–H groups in total. The Labute approximate surface area is 97.9 Å². The van der Waals surface area contributed by atoms with Crippen molar-refractivity contribution in [3.63, 3.8) is 0 Å². The maximum absolute atomic E-state index is 11.8. The van der Waals surface area contributed by atoms with E-state index in [2.05, 4.69) is 15.3 Å². The van der Waals surface area contributed by atoms with E-state index in [4.69, 9.17) is 0 Å². The molecule has 2 heterocycles. The third-order valence-electron chi connectivity index (χ3n) is 2.22. The van der Waals surface area contributed by atoms with Crippen molar-refractivity contribution >= 4 is 18.0 Å². The molecule has 1 amide bonds. The number of nitrogens with zero attached hydrogens (tertiary/aromatic N) is 1. The molecule has 0 spiro atoms. The first-order valence-corrected chi connectivity index (χ1v) is 5.07. The quantitative estimate of drug-likeness (QED) is 0.788. The van der Waals surface area contributed by atoms with Crippen molar-refractivity contribution in [1.29, 1.82) is 0 Å². The number of aryl methyl sites for hydroxylation is 1. The van der Waals surface area contributed by atoms with Gasteiger partial charge in [0.2, 0.25) is 0 Å². The zero-order valence-corrected chi connectivity index (χ0v) is 9.23. The van der Waals surface area contributed by atoms with Crippen molar-refractivity contribution in [1.82, 2.24) is 9.97 Å². The lowest BCUT2D eigenvalue weighted by Crippen LogP contribution is -2.13. The fourth-order valence-electron chi connectivity index (χ4n) is 1.41. The lowest BCUT2D eigenvalue weighted by atomic mass is 10.3. The standard InChI is InChI=1S/C12H11N3O2/c1-8-3-2-4-11(14-8)15-12(17)10-5-9(7-16)6-13-10/h2-7,13H,1H3,(H,14,15,17). The molecule has 0 aliphatic heterocycles. The molecular formula is C12H11N3O2. The van der Waals surface area contributed by atoms with Crippen LogP contribution in [-0.2, 0) is 0 Å². The van der Waals surface area contributed by atoms with Crippen LogP contribution in [0.3, 0.4) is 0 Å². The number of carbonyl (C=O) groups excluding carboxylic acids is 2. The van der Waals surface area contributed by atoms with E-state index in [1.54, 1.807) is 6.07 Å². The Bertz CT molecular complexity index is 560. The number of nitrogens with one attached hydrogen (secondary N) is 2. The van der Waals surface area contributed by atoms with Crippen molar-refractivity contribution in [2.45, 2.75) is 6.92 Å². The van der Waals surface area contributed by atoms with Crippen molar-refractivity contribution in [3.8, 4) is 0 Å². The summed E-state index contributed by atoms with van der Waals surface area (Å²) in [6.45, 7) is 1.84. The molecule has 5 heteroatoms. The van der Waals surface area contributed by atoms with Crippen LogP contribution in [0.15, 0.2) is 30.5 Å². The number of H-pyrrole nitrogens is 1. The van der Waals surface area contributed by atoms with Gasteiger partial charge in [-0.1, -0.05) is 6.07 Å². The molecule has 0 aliphatic rings. The minimum absolute atomic E-state index is 0.323. The molecule has 2 aromatic rings. The molecule has 0 saturated heterocycles. The maximum Gasteiger partial charge on any atom is 0.273 e. The number of aromatic amines is 1. The van der Waals surface area contributed by atoms with Crippen LogP contribution >= 0.6 is 0 Å². The van der Waals surface area contributed by atoms with Crippen LogP contribution in [0.1, 0.15) is 26.5 Å². The van der Waals surface area contributed by atoms with Gasteiger partial charge in [-0.25, -0.2) is 4.98 Å². The Morgan fingerprint density at radius 2 is 2.29 bits per heavy atom. The van der Waals surface area contributed by atoms with Gasteiger partial charge in [-0.2, -0.15) is 0 Å². The zero-order valence-electron chi connectivity index (χ0n) is 9.23. The summed E-state index contributed by atoms with van der Waals surface area (Å²) < 4.78 is 0. The number of hydrogen-bond acceptors (Lipinski definition) is 3. The van der Waals surface area contributed by atoms with Gasteiger partial charge in [0.1, 0.15) is 11.5 Å². The van der Waals surface area contributed by atoms with Gasteiger partial charge in [-0.05, 0) is 25.1 Å². The van der Waals surface area contributed by atoms with E-state index < -0.39 is 0 Å². The molecule has 0 saturated carbocycles. The average Bonchev–Trinajstić information content (AvgIpc) is 2.77. The van der Waals surface area contributed by atoms with Crippen LogP contribution in [-0.4, -0.2) is 22.2 Å². The van der Waals surface area contributed by atoms with Gasteiger partial charge in [0.15, 0.2) is 6.29 Å². The first kappa shape index (κ1) is 11.1. The smallest absolute Gasteiger partial charge is 0.273 e. The number of aromatic nitrogens is 2. The highest BCUT2D eigenvalue weighted by Crippen LogP contribution is 2.07. The number of amides is 1. The van der Waals surface area contributed by atoms with E-state index in [0.717, 1.165) is 5.69 Å². The predicted molar refractivity (Wildman–Crippen MR) is 63.1 cm³/mol. The third-order valence-corrected chi connectivity index (χ3v) is 2.22. The molecule has 86 valence electrons. The van der Waals surface area contributed by atoms with Gasteiger partial charge in [-0.15, -0.1) is 0 Å². The molecule has 17 heavy (non-hydrogen) atoms. The van der Waals surface area contributed by atoms with Gasteiger partial charge in [-0.3, -0.25) is 9.59 Å². The summed E-state index contributed by atoms with van der Waals surface area (Å²) in [4.78, 5) is 29.1. The van der Waals surface area contributed by atoms with E-state index in [-0.39, 0.29) is 5.91 Å². The largest absolute Gasteiger partial charge is 0.356 e. The number of hydrogen-bond donors (Lipinski definition) is 2. The number of aldehydes is 1. The molecular weight excluding hydrogens is 218 g/mol. The summed E-state index contributed by atoms with van der Waals surface area (Å²) in [5.41, 5.74) is 1.59. The second-order valence-electron chi connectivity index (χ2n) is 3.58. The number of anilines is 1. The van der Waals surface area contributed by atoms with Crippen LogP contribution in [0.25, 0.3) is 0 Å². The summed E-state index contributed by atoms with van der Waals surface area (Å²) in [5, 5.41) is 2.64. The van der Waals surface area contributed by atoms with Gasteiger partial charge >= 0.3 is 0 Å². The average molecular weight is 229 g/mol. The Balaban J connectivity index is 2.14. The SMILES string of the molecule is Cc1cccc(NC(=O)c2cc(C=O)c[nH]2)n1. The molecule has 0 bridgehead atoms. The lowest BCUT2D eigenvalue weighted by Gasteiger charge is -2.03. The van der Waals surface area contributed by atoms with Crippen LogP contribution in [0.4, 0.5) is 5.82 Å². The van der Waals surface area contributed by atoms with Crippen molar-refractivity contribution in [2.24, 2.45) is 0 Å². The normalized spacial score (nSPS) is 9.94. The number of rotatable bonds is 3. The molecule has 0 atom stereocenters. The summed E-state index contributed by atoms with van der Waals surface area (Å²) in [5.74, 6) is 0.161. The first-order valence-electron chi connectivity index (χ1n) is 5.07. The Morgan fingerprint density at radius 1 is 1.47 bits per heavy atom. The van der Waals surface area contributed by atoms with E-state index in [0.29, 0.717) is 23.4 Å². The second kappa shape index (κ2) is 4.61. The minimum atomic E-state index is -0.323. The first-order chi connectivity index (χ1) is 8.19. The summed E-state index contributed by atoms with van der Waals surface area (Å²) >= 11 is 0. The second-order valence-corrected chi connectivity index (χ2v) is 3.58. The molecule has 2 rings (SSSR count). The van der Waals surface area contributed by atoms with Gasteiger partial charge in [0.25, 0.3) is 5.91 Å². The Kier molecular flexibility index (Phi) is 3.00. The van der Waals surface area contributed by atoms with Gasteiger partial charge < -0.3 is 10.3 Å². The fraction of sp³-hybridized carbons (Fsp3) is 0.0833. The van der Waals surface area contributed by atoms with E-state index in [9.17, 15) is 9.59 Å². The topological polar surface area (TPSA) is 74.8 Å². The maximum atomic E-state index is 11.8. The molecule has 5 nitrogen and oxygen atoms in total. The highest BCUT2D eigenvalue weighted by atomic mass is 16.2. The minimum Gasteiger partial charge on any atom is -0.356 e. The third kappa shape index (κ3) is 2.57. The summed E-state index contributed by atoms with van der Waals surface area (Å²) in [6, 6.07) is 6.84. The summed E-state index contributed by atoms with van der Waals surface area (Å²) in [7, 11) is 0. The van der Waals surface area contributed by atoms with Crippen molar-refractivity contribution in [3.05, 3.63) is 47.4 Å². The van der Waals surface area contributed by atoms with Crippen LogP contribution in [0, 0.1) is 6.92 Å².